The average molecular weight is 209 g/mol. The summed E-state index contributed by atoms with van der Waals surface area (Å²) in [5, 5.41) is 3.84. The SMILES string of the molecule is CC1CCC(NC2CC3CCC2O3)CC1. The van der Waals surface area contributed by atoms with Gasteiger partial charge in [-0.2, -0.15) is 0 Å². The van der Waals surface area contributed by atoms with E-state index in [1.165, 1.54) is 44.9 Å². The molecule has 2 aliphatic heterocycles. The lowest BCUT2D eigenvalue weighted by atomic mass is 9.86. The highest BCUT2D eigenvalue weighted by molar-refractivity contribution is 4.95. The van der Waals surface area contributed by atoms with Crippen LogP contribution in [0.2, 0.25) is 0 Å². The zero-order valence-corrected chi connectivity index (χ0v) is 9.74. The molecular formula is C13H23NO. The molecule has 3 unspecified atom stereocenters. The maximum Gasteiger partial charge on any atom is 0.0733 e. The van der Waals surface area contributed by atoms with Gasteiger partial charge in [-0.25, -0.2) is 0 Å². The largest absolute Gasteiger partial charge is 0.373 e. The lowest BCUT2D eigenvalue weighted by molar-refractivity contribution is 0.0947. The van der Waals surface area contributed by atoms with Gasteiger partial charge in [0.25, 0.3) is 0 Å². The second-order valence-corrected chi connectivity index (χ2v) is 5.84. The van der Waals surface area contributed by atoms with Crippen LogP contribution in [-0.2, 0) is 4.74 Å². The van der Waals surface area contributed by atoms with Crippen LogP contribution in [0.3, 0.4) is 0 Å². The van der Waals surface area contributed by atoms with Crippen LogP contribution in [0.1, 0.15) is 51.9 Å². The highest BCUT2D eigenvalue weighted by Gasteiger charge is 2.41. The van der Waals surface area contributed by atoms with Crippen LogP contribution in [0.15, 0.2) is 0 Å². The highest BCUT2D eigenvalue weighted by atomic mass is 16.5. The van der Waals surface area contributed by atoms with E-state index < -0.39 is 0 Å². The minimum atomic E-state index is 0.550. The molecule has 3 aliphatic rings. The first-order chi connectivity index (χ1) is 7.31. The van der Waals surface area contributed by atoms with E-state index in [1.54, 1.807) is 0 Å². The van der Waals surface area contributed by atoms with Crippen LogP contribution in [0, 0.1) is 5.92 Å². The molecular weight excluding hydrogens is 186 g/mol. The molecule has 0 amide bonds. The fourth-order valence-corrected chi connectivity index (χ4v) is 3.54. The van der Waals surface area contributed by atoms with E-state index in [4.69, 9.17) is 4.74 Å². The lowest BCUT2D eigenvalue weighted by Crippen LogP contribution is -2.45. The van der Waals surface area contributed by atoms with Gasteiger partial charge in [-0.1, -0.05) is 6.92 Å². The van der Waals surface area contributed by atoms with Crippen LogP contribution in [0.5, 0.6) is 0 Å². The van der Waals surface area contributed by atoms with Crippen LogP contribution in [-0.4, -0.2) is 24.3 Å². The Bertz CT molecular complexity index is 223. The van der Waals surface area contributed by atoms with E-state index in [9.17, 15) is 0 Å². The monoisotopic (exact) mass is 209 g/mol. The molecule has 0 aromatic rings. The van der Waals surface area contributed by atoms with Crippen molar-refractivity contribution in [2.75, 3.05) is 0 Å². The Balaban J connectivity index is 1.49. The normalized spacial score (nSPS) is 49.8. The van der Waals surface area contributed by atoms with Crippen LogP contribution in [0.4, 0.5) is 0 Å². The third-order valence-electron chi connectivity index (χ3n) is 4.57. The third-order valence-corrected chi connectivity index (χ3v) is 4.57. The quantitative estimate of drug-likeness (QED) is 0.754. The molecule has 86 valence electrons. The van der Waals surface area contributed by atoms with Crippen molar-refractivity contribution in [1.82, 2.24) is 5.32 Å². The average Bonchev–Trinajstić information content (AvgIpc) is 2.83. The molecule has 3 atom stereocenters. The summed E-state index contributed by atoms with van der Waals surface area (Å²) in [6.07, 6.45) is 10.6. The Morgan fingerprint density at radius 1 is 1.00 bits per heavy atom. The molecule has 2 saturated heterocycles. The van der Waals surface area contributed by atoms with E-state index in [0.29, 0.717) is 18.2 Å². The Labute approximate surface area is 92.8 Å². The van der Waals surface area contributed by atoms with Gasteiger partial charge in [0.15, 0.2) is 0 Å². The van der Waals surface area contributed by atoms with Crippen molar-refractivity contribution in [3.63, 3.8) is 0 Å². The topological polar surface area (TPSA) is 21.3 Å². The van der Waals surface area contributed by atoms with Gasteiger partial charge in [0.2, 0.25) is 0 Å². The predicted molar refractivity (Wildman–Crippen MR) is 60.9 cm³/mol. The first-order valence-corrected chi connectivity index (χ1v) is 6.73. The van der Waals surface area contributed by atoms with Gasteiger partial charge in [0, 0.05) is 12.1 Å². The molecule has 0 aromatic carbocycles. The summed E-state index contributed by atoms with van der Waals surface area (Å²) >= 11 is 0. The first-order valence-electron chi connectivity index (χ1n) is 6.73. The van der Waals surface area contributed by atoms with E-state index in [2.05, 4.69) is 12.2 Å². The van der Waals surface area contributed by atoms with E-state index in [-0.39, 0.29) is 0 Å². The Morgan fingerprint density at radius 2 is 1.80 bits per heavy atom. The van der Waals surface area contributed by atoms with Gasteiger partial charge in [-0.15, -0.1) is 0 Å². The van der Waals surface area contributed by atoms with Crippen molar-refractivity contribution < 1.29 is 4.74 Å². The molecule has 0 aromatic heterocycles. The molecule has 15 heavy (non-hydrogen) atoms. The molecule has 0 radical (unpaired) electrons. The predicted octanol–water partition coefficient (Wildman–Crippen LogP) is 2.47. The van der Waals surface area contributed by atoms with Gasteiger partial charge in [0.05, 0.1) is 12.2 Å². The number of nitrogens with one attached hydrogen (secondary N) is 1. The minimum Gasteiger partial charge on any atom is -0.373 e. The van der Waals surface area contributed by atoms with E-state index in [1.807, 2.05) is 0 Å². The summed E-state index contributed by atoms with van der Waals surface area (Å²) in [6.45, 7) is 2.39. The van der Waals surface area contributed by atoms with Crippen LogP contribution >= 0.6 is 0 Å². The second-order valence-electron chi connectivity index (χ2n) is 5.84. The van der Waals surface area contributed by atoms with Crippen molar-refractivity contribution in [2.45, 2.75) is 76.2 Å². The maximum atomic E-state index is 5.89. The van der Waals surface area contributed by atoms with Gasteiger partial charge >= 0.3 is 0 Å². The maximum absolute atomic E-state index is 5.89. The summed E-state index contributed by atoms with van der Waals surface area (Å²) in [7, 11) is 0. The molecule has 0 spiro atoms. The molecule has 2 heteroatoms. The zero-order chi connectivity index (χ0) is 10.3. The third kappa shape index (κ3) is 2.07. The summed E-state index contributed by atoms with van der Waals surface area (Å²) in [6, 6.07) is 1.47. The summed E-state index contributed by atoms with van der Waals surface area (Å²) < 4.78 is 5.89. The summed E-state index contributed by atoms with van der Waals surface area (Å²) in [5.74, 6) is 0.958. The van der Waals surface area contributed by atoms with Gasteiger partial charge in [0.1, 0.15) is 0 Å². The molecule has 1 N–H and O–H groups in total. The van der Waals surface area contributed by atoms with Gasteiger partial charge < -0.3 is 10.1 Å². The molecule has 1 aliphatic carbocycles. The van der Waals surface area contributed by atoms with Crippen molar-refractivity contribution in [3.8, 4) is 0 Å². The summed E-state index contributed by atoms with van der Waals surface area (Å²) in [4.78, 5) is 0. The van der Waals surface area contributed by atoms with E-state index >= 15 is 0 Å². The Morgan fingerprint density at radius 3 is 2.40 bits per heavy atom. The molecule has 3 fully saturated rings. The lowest BCUT2D eigenvalue weighted by Gasteiger charge is -2.31. The minimum absolute atomic E-state index is 0.550. The fourth-order valence-electron chi connectivity index (χ4n) is 3.54. The van der Waals surface area contributed by atoms with Crippen molar-refractivity contribution in [1.29, 1.82) is 0 Å². The smallest absolute Gasteiger partial charge is 0.0733 e. The Hall–Kier alpha value is -0.0800. The van der Waals surface area contributed by atoms with Gasteiger partial charge in [-0.3, -0.25) is 0 Å². The molecule has 2 heterocycles. The van der Waals surface area contributed by atoms with Crippen LogP contribution in [0.25, 0.3) is 0 Å². The fraction of sp³-hybridized carbons (Fsp3) is 1.00. The Kier molecular flexibility index (Phi) is 2.73. The molecule has 2 bridgehead atoms. The number of hydrogen-bond donors (Lipinski definition) is 1. The zero-order valence-electron chi connectivity index (χ0n) is 9.74. The van der Waals surface area contributed by atoms with Crippen molar-refractivity contribution >= 4 is 0 Å². The van der Waals surface area contributed by atoms with E-state index in [0.717, 1.165) is 12.0 Å². The van der Waals surface area contributed by atoms with Gasteiger partial charge in [-0.05, 0) is 50.9 Å². The second kappa shape index (κ2) is 4.06. The number of rotatable bonds is 2. The molecule has 3 rings (SSSR count). The molecule has 1 saturated carbocycles. The number of ether oxygens (including phenoxy) is 1. The number of fused-ring (bicyclic) bond motifs is 2. The van der Waals surface area contributed by atoms with Crippen molar-refractivity contribution in [3.05, 3.63) is 0 Å². The molecule has 2 nitrogen and oxygen atoms in total. The van der Waals surface area contributed by atoms with Crippen LogP contribution < -0.4 is 5.32 Å². The number of hydrogen-bond acceptors (Lipinski definition) is 2. The standard InChI is InChI=1S/C13H23NO/c1-9-2-4-10(5-3-9)14-12-8-11-6-7-13(12)15-11/h9-14H,2-8H2,1H3. The van der Waals surface area contributed by atoms with Crippen molar-refractivity contribution in [2.24, 2.45) is 5.92 Å². The summed E-state index contributed by atoms with van der Waals surface area (Å²) in [5.41, 5.74) is 0. The first kappa shape index (κ1) is 10.1. The highest BCUT2D eigenvalue weighted by Crippen LogP contribution is 2.35.